The number of nitrogens with one attached hydrogen (secondary N) is 1. The first-order valence-electron chi connectivity index (χ1n) is 8.99. The number of hydrogen-bond donors (Lipinski definition) is 1. The molecule has 0 atom stereocenters. The summed E-state index contributed by atoms with van der Waals surface area (Å²) in [5.74, 6) is 1.64. The number of hydrogen-bond acceptors (Lipinski definition) is 6. The summed E-state index contributed by atoms with van der Waals surface area (Å²) in [6, 6.07) is 17.6. The summed E-state index contributed by atoms with van der Waals surface area (Å²) in [7, 11) is 4.10. The van der Waals surface area contributed by atoms with E-state index in [0.29, 0.717) is 24.3 Å². The van der Waals surface area contributed by atoms with Gasteiger partial charge in [-0.05, 0) is 38.7 Å². The summed E-state index contributed by atoms with van der Waals surface area (Å²) in [6.07, 6.45) is 0.928. The molecule has 4 rings (SSSR count). The fourth-order valence-electron chi connectivity index (χ4n) is 2.92. The molecule has 27 heavy (non-hydrogen) atoms. The first-order chi connectivity index (χ1) is 13.2. The van der Waals surface area contributed by atoms with Gasteiger partial charge in [0.05, 0.1) is 17.5 Å². The fraction of sp³-hybridized carbons (Fsp3) is 0.238. The Morgan fingerprint density at radius 3 is 2.70 bits per heavy atom. The quantitative estimate of drug-likeness (QED) is 0.490. The van der Waals surface area contributed by atoms with Crippen molar-refractivity contribution in [1.82, 2.24) is 14.9 Å². The first kappa shape index (κ1) is 17.3. The van der Waals surface area contributed by atoms with E-state index in [0.717, 1.165) is 34.8 Å². The van der Waals surface area contributed by atoms with Crippen LogP contribution in [-0.4, -0.2) is 42.1 Å². The molecule has 0 saturated heterocycles. The standard InChI is InChI=1S/C21H22N4O2/c1-25(2)12-7-13-26-20-16-9-4-5-10-17(16)22-21(24-20)23-19-14-15-8-3-6-11-18(15)27-19/h3-6,8-11,14H,7,12-13H2,1-2H3,(H,22,23,24). The van der Waals surface area contributed by atoms with Crippen LogP contribution >= 0.6 is 0 Å². The van der Waals surface area contributed by atoms with E-state index in [1.54, 1.807) is 0 Å². The van der Waals surface area contributed by atoms with Crippen LogP contribution in [0.1, 0.15) is 6.42 Å². The number of anilines is 2. The number of rotatable bonds is 7. The SMILES string of the molecule is CN(C)CCCOc1nc(Nc2cc3ccccc3o2)nc2ccccc12. The monoisotopic (exact) mass is 362 g/mol. The Labute approximate surface area is 157 Å². The summed E-state index contributed by atoms with van der Waals surface area (Å²) in [4.78, 5) is 11.3. The maximum atomic E-state index is 5.96. The number of para-hydroxylation sites is 2. The Bertz CT molecular complexity index is 1030. The molecule has 0 amide bonds. The zero-order chi connectivity index (χ0) is 18.6. The molecule has 2 aromatic carbocycles. The molecule has 0 saturated carbocycles. The van der Waals surface area contributed by atoms with Crippen LogP contribution in [-0.2, 0) is 0 Å². The Kier molecular flexibility index (Phi) is 4.89. The van der Waals surface area contributed by atoms with Crippen molar-refractivity contribution < 1.29 is 9.15 Å². The molecule has 4 aromatic rings. The van der Waals surface area contributed by atoms with Gasteiger partial charge in [-0.3, -0.25) is 5.32 Å². The second-order valence-electron chi connectivity index (χ2n) is 6.65. The van der Waals surface area contributed by atoms with Crippen LogP contribution in [0.15, 0.2) is 59.0 Å². The van der Waals surface area contributed by atoms with Crippen LogP contribution in [0.4, 0.5) is 11.8 Å². The lowest BCUT2D eigenvalue weighted by Gasteiger charge is -2.12. The molecule has 0 spiro atoms. The average Bonchev–Trinajstić information content (AvgIpc) is 3.07. The highest BCUT2D eigenvalue weighted by Crippen LogP contribution is 2.28. The lowest BCUT2D eigenvalue weighted by Crippen LogP contribution is -2.16. The minimum absolute atomic E-state index is 0.454. The fourth-order valence-corrected chi connectivity index (χ4v) is 2.92. The van der Waals surface area contributed by atoms with Gasteiger partial charge in [0.15, 0.2) is 0 Å². The van der Waals surface area contributed by atoms with Gasteiger partial charge in [-0.15, -0.1) is 0 Å². The molecule has 0 aliphatic heterocycles. The van der Waals surface area contributed by atoms with Crippen LogP contribution in [0.3, 0.4) is 0 Å². The Hall–Kier alpha value is -3.12. The largest absolute Gasteiger partial charge is 0.477 e. The average molecular weight is 362 g/mol. The lowest BCUT2D eigenvalue weighted by molar-refractivity contribution is 0.276. The minimum atomic E-state index is 0.454. The molecule has 0 unspecified atom stereocenters. The van der Waals surface area contributed by atoms with E-state index in [2.05, 4.69) is 34.3 Å². The molecule has 138 valence electrons. The van der Waals surface area contributed by atoms with Crippen molar-refractivity contribution in [3.63, 3.8) is 0 Å². The van der Waals surface area contributed by atoms with Crippen molar-refractivity contribution in [2.24, 2.45) is 0 Å². The maximum absolute atomic E-state index is 5.96. The third kappa shape index (κ3) is 4.01. The molecule has 0 radical (unpaired) electrons. The van der Waals surface area contributed by atoms with E-state index >= 15 is 0 Å². The van der Waals surface area contributed by atoms with Crippen molar-refractivity contribution in [2.45, 2.75) is 6.42 Å². The zero-order valence-corrected chi connectivity index (χ0v) is 15.5. The number of fused-ring (bicyclic) bond motifs is 2. The van der Waals surface area contributed by atoms with E-state index in [-0.39, 0.29) is 0 Å². The van der Waals surface area contributed by atoms with Crippen molar-refractivity contribution in [3.8, 4) is 5.88 Å². The van der Waals surface area contributed by atoms with Crippen LogP contribution in [0.5, 0.6) is 5.88 Å². The second kappa shape index (κ2) is 7.63. The lowest BCUT2D eigenvalue weighted by atomic mass is 10.2. The molecular weight excluding hydrogens is 340 g/mol. The molecule has 1 N–H and O–H groups in total. The Balaban J connectivity index is 1.60. The summed E-state index contributed by atoms with van der Waals surface area (Å²) >= 11 is 0. The van der Waals surface area contributed by atoms with Gasteiger partial charge in [-0.25, -0.2) is 4.98 Å². The zero-order valence-electron chi connectivity index (χ0n) is 15.5. The molecule has 6 heteroatoms. The second-order valence-corrected chi connectivity index (χ2v) is 6.65. The van der Waals surface area contributed by atoms with Crippen LogP contribution in [0.25, 0.3) is 21.9 Å². The molecule has 0 aliphatic carbocycles. The molecule has 2 heterocycles. The summed E-state index contributed by atoms with van der Waals surface area (Å²) in [5.41, 5.74) is 1.65. The van der Waals surface area contributed by atoms with Gasteiger partial charge in [0.2, 0.25) is 17.7 Å². The van der Waals surface area contributed by atoms with E-state index in [4.69, 9.17) is 9.15 Å². The van der Waals surface area contributed by atoms with E-state index in [1.807, 2.05) is 54.6 Å². The van der Waals surface area contributed by atoms with Gasteiger partial charge in [0.25, 0.3) is 0 Å². The third-order valence-corrected chi connectivity index (χ3v) is 4.22. The highest BCUT2D eigenvalue weighted by Gasteiger charge is 2.11. The maximum Gasteiger partial charge on any atom is 0.233 e. The van der Waals surface area contributed by atoms with Crippen molar-refractivity contribution >= 4 is 33.7 Å². The highest BCUT2D eigenvalue weighted by atomic mass is 16.5. The van der Waals surface area contributed by atoms with Gasteiger partial charge in [-0.2, -0.15) is 4.98 Å². The smallest absolute Gasteiger partial charge is 0.233 e. The first-order valence-corrected chi connectivity index (χ1v) is 8.99. The van der Waals surface area contributed by atoms with Crippen molar-refractivity contribution in [2.75, 3.05) is 32.6 Å². The van der Waals surface area contributed by atoms with E-state index < -0.39 is 0 Å². The van der Waals surface area contributed by atoms with Crippen LogP contribution < -0.4 is 10.1 Å². The number of aromatic nitrogens is 2. The molecule has 6 nitrogen and oxygen atoms in total. The van der Waals surface area contributed by atoms with Gasteiger partial charge < -0.3 is 14.1 Å². The molecule has 0 fully saturated rings. The Morgan fingerprint density at radius 1 is 1.04 bits per heavy atom. The highest BCUT2D eigenvalue weighted by molar-refractivity contribution is 5.85. The summed E-state index contributed by atoms with van der Waals surface area (Å²) in [5, 5.41) is 5.09. The predicted octanol–water partition coefficient (Wildman–Crippen LogP) is 4.45. The topological polar surface area (TPSA) is 63.4 Å². The molecule has 0 aliphatic rings. The van der Waals surface area contributed by atoms with Gasteiger partial charge in [-0.1, -0.05) is 30.3 Å². The minimum Gasteiger partial charge on any atom is -0.477 e. The van der Waals surface area contributed by atoms with Gasteiger partial charge >= 0.3 is 0 Å². The number of ether oxygens (including phenoxy) is 1. The van der Waals surface area contributed by atoms with Gasteiger partial charge in [0.1, 0.15) is 5.58 Å². The van der Waals surface area contributed by atoms with Gasteiger partial charge in [0, 0.05) is 18.0 Å². The summed E-state index contributed by atoms with van der Waals surface area (Å²) < 4.78 is 11.8. The van der Waals surface area contributed by atoms with Crippen molar-refractivity contribution in [1.29, 1.82) is 0 Å². The predicted molar refractivity (Wildman–Crippen MR) is 108 cm³/mol. The van der Waals surface area contributed by atoms with Crippen molar-refractivity contribution in [3.05, 3.63) is 54.6 Å². The van der Waals surface area contributed by atoms with E-state index in [1.165, 1.54) is 0 Å². The third-order valence-electron chi connectivity index (χ3n) is 4.22. The Morgan fingerprint density at radius 2 is 1.85 bits per heavy atom. The van der Waals surface area contributed by atoms with Crippen LogP contribution in [0.2, 0.25) is 0 Å². The summed E-state index contributed by atoms with van der Waals surface area (Å²) in [6.45, 7) is 1.57. The molecule has 0 bridgehead atoms. The molecule has 2 aromatic heterocycles. The number of furan rings is 1. The molecular formula is C21H22N4O2. The number of nitrogens with zero attached hydrogens (tertiary/aromatic N) is 3. The number of benzene rings is 2. The normalized spacial score (nSPS) is 11.4. The van der Waals surface area contributed by atoms with Crippen LogP contribution in [0, 0.1) is 0 Å². The van der Waals surface area contributed by atoms with E-state index in [9.17, 15) is 0 Å².